The van der Waals surface area contributed by atoms with Crippen molar-refractivity contribution in [1.29, 1.82) is 0 Å². The van der Waals surface area contributed by atoms with E-state index in [1.54, 1.807) is 6.33 Å². The molecule has 0 radical (unpaired) electrons. The standard InChI is InChI=1S/C8H13N3O.2C2H6/c1-6(12)8(9)3-7-4-11(2)5-10-7;2*1-2/h4-5,8H,3,9H2,1-2H3;2*1-2H3/t8-;;/m0../s1. The van der Waals surface area contributed by atoms with Gasteiger partial charge >= 0.3 is 0 Å². The molecule has 0 aromatic carbocycles. The molecule has 0 aliphatic heterocycles. The van der Waals surface area contributed by atoms with Crippen molar-refractivity contribution in [3.63, 3.8) is 0 Å². The Bertz CT molecular complexity index is 282. The molecular formula is C12H25N3O. The van der Waals surface area contributed by atoms with Gasteiger partial charge < -0.3 is 10.3 Å². The number of nitrogens with zero attached hydrogens (tertiary/aromatic N) is 2. The Labute approximate surface area is 98.9 Å². The van der Waals surface area contributed by atoms with Gasteiger partial charge in [0.05, 0.1) is 18.1 Å². The molecule has 1 aromatic rings. The maximum absolute atomic E-state index is 10.8. The predicted molar refractivity (Wildman–Crippen MR) is 68.3 cm³/mol. The van der Waals surface area contributed by atoms with Gasteiger partial charge in [-0.25, -0.2) is 4.98 Å². The van der Waals surface area contributed by atoms with Crippen molar-refractivity contribution >= 4 is 5.78 Å². The molecule has 0 unspecified atom stereocenters. The van der Waals surface area contributed by atoms with E-state index in [1.165, 1.54) is 6.92 Å². The minimum absolute atomic E-state index is 0.000605. The van der Waals surface area contributed by atoms with E-state index in [1.807, 2.05) is 45.5 Å². The van der Waals surface area contributed by atoms with E-state index in [9.17, 15) is 4.79 Å². The van der Waals surface area contributed by atoms with Crippen LogP contribution in [-0.2, 0) is 18.3 Å². The largest absolute Gasteiger partial charge is 0.340 e. The lowest BCUT2D eigenvalue weighted by Gasteiger charge is -2.03. The number of aryl methyl sites for hydroxylation is 1. The Balaban J connectivity index is 0. The molecular weight excluding hydrogens is 202 g/mol. The molecule has 1 heterocycles. The molecule has 0 saturated heterocycles. The van der Waals surface area contributed by atoms with Crippen LogP contribution >= 0.6 is 0 Å². The van der Waals surface area contributed by atoms with Crippen LogP contribution in [0.15, 0.2) is 12.5 Å². The summed E-state index contributed by atoms with van der Waals surface area (Å²) >= 11 is 0. The highest BCUT2D eigenvalue weighted by atomic mass is 16.1. The number of Topliss-reactive ketones (excluding diaryl/α,β-unsaturated/α-hetero) is 1. The minimum atomic E-state index is -0.417. The van der Waals surface area contributed by atoms with Crippen LogP contribution in [-0.4, -0.2) is 21.4 Å². The van der Waals surface area contributed by atoms with E-state index in [2.05, 4.69) is 4.98 Å². The zero-order chi connectivity index (χ0) is 13.1. The molecule has 0 bridgehead atoms. The van der Waals surface area contributed by atoms with Gasteiger partial charge in [-0.3, -0.25) is 4.79 Å². The van der Waals surface area contributed by atoms with Crippen LogP contribution in [0.4, 0.5) is 0 Å². The third kappa shape index (κ3) is 7.17. The highest BCUT2D eigenvalue weighted by Gasteiger charge is 2.09. The van der Waals surface area contributed by atoms with Gasteiger partial charge in [-0.2, -0.15) is 0 Å². The van der Waals surface area contributed by atoms with Crippen LogP contribution in [0.2, 0.25) is 0 Å². The molecule has 2 N–H and O–H groups in total. The van der Waals surface area contributed by atoms with Gasteiger partial charge in [0.25, 0.3) is 0 Å². The van der Waals surface area contributed by atoms with Crippen molar-refractivity contribution < 1.29 is 4.79 Å². The summed E-state index contributed by atoms with van der Waals surface area (Å²) in [5, 5.41) is 0. The number of carbonyl (C=O) groups excluding carboxylic acids is 1. The second-order valence-electron chi connectivity index (χ2n) is 2.95. The lowest BCUT2D eigenvalue weighted by Crippen LogP contribution is -2.30. The number of ketones is 1. The second-order valence-corrected chi connectivity index (χ2v) is 2.95. The Morgan fingerprint density at radius 3 is 2.25 bits per heavy atom. The molecule has 4 heteroatoms. The Morgan fingerprint density at radius 2 is 1.94 bits per heavy atom. The predicted octanol–water partition coefficient (Wildman–Crippen LogP) is 1.93. The van der Waals surface area contributed by atoms with E-state index >= 15 is 0 Å². The van der Waals surface area contributed by atoms with E-state index in [4.69, 9.17) is 5.73 Å². The van der Waals surface area contributed by atoms with Crippen LogP contribution in [0.3, 0.4) is 0 Å². The molecule has 0 saturated carbocycles. The number of hydrogen-bond donors (Lipinski definition) is 1. The van der Waals surface area contributed by atoms with Crippen molar-refractivity contribution in [3.8, 4) is 0 Å². The van der Waals surface area contributed by atoms with Gasteiger partial charge in [0, 0.05) is 19.7 Å². The first kappa shape index (κ1) is 17.2. The summed E-state index contributed by atoms with van der Waals surface area (Å²) in [6, 6.07) is -0.417. The number of carbonyl (C=O) groups is 1. The number of nitrogens with two attached hydrogens (primary N) is 1. The molecule has 0 fully saturated rings. The lowest BCUT2D eigenvalue weighted by atomic mass is 10.1. The van der Waals surface area contributed by atoms with Crippen LogP contribution < -0.4 is 5.73 Å². The monoisotopic (exact) mass is 227 g/mol. The molecule has 1 atom stereocenters. The molecule has 0 amide bonds. The van der Waals surface area contributed by atoms with E-state index in [0.717, 1.165) is 5.69 Å². The second kappa shape index (κ2) is 10.4. The Morgan fingerprint density at radius 1 is 1.44 bits per heavy atom. The first-order chi connectivity index (χ1) is 7.59. The zero-order valence-electron chi connectivity index (χ0n) is 11.3. The summed E-state index contributed by atoms with van der Waals surface area (Å²) < 4.78 is 1.84. The number of aromatic nitrogens is 2. The fourth-order valence-electron chi connectivity index (χ4n) is 0.941. The van der Waals surface area contributed by atoms with Crippen molar-refractivity contribution in [2.45, 2.75) is 47.1 Å². The van der Waals surface area contributed by atoms with Crippen LogP contribution in [0.25, 0.3) is 0 Å². The lowest BCUT2D eigenvalue weighted by molar-refractivity contribution is -0.118. The maximum atomic E-state index is 10.8. The minimum Gasteiger partial charge on any atom is -0.340 e. The SMILES string of the molecule is CC.CC.CC(=O)[C@@H](N)Cc1cn(C)cn1. The number of rotatable bonds is 3. The third-order valence-electron chi connectivity index (χ3n) is 1.71. The summed E-state index contributed by atoms with van der Waals surface area (Å²) in [6.07, 6.45) is 4.08. The molecule has 94 valence electrons. The molecule has 0 aliphatic carbocycles. The fourth-order valence-corrected chi connectivity index (χ4v) is 0.941. The van der Waals surface area contributed by atoms with E-state index in [0.29, 0.717) is 6.42 Å². The fraction of sp³-hybridized carbons (Fsp3) is 0.667. The Hall–Kier alpha value is -1.16. The van der Waals surface area contributed by atoms with Crippen molar-refractivity contribution in [2.24, 2.45) is 12.8 Å². The summed E-state index contributed by atoms with van der Waals surface area (Å²) in [5.74, 6) is 0.000605. The van der Waals surface area contributed by atoms with Crippen LogP contribution in [0.1, 0.15) is 40.3 Å². The summed E-state index contributed by atoms with van der Waals surface area (Å²) in [7, 11) is 1.88. The molecule has 4 nitrogen and oxygen atoms in total. The molecule has 0 aliphatic rings. The average molecular weight is 227 g/mol. The van der Waals surface area contributed by atoms with Crippen molar-refractivity contribution in [1.82, 2.24) is 9.55 Å². The normalized spacial score (nSPS) is 10.4. The topological polar surface area (TPSA) is 60.9 Å². The van der Waals surface area contributed by atoms with Crippen LogP contribution in [0.5, 0.6) is 0 Å². The Kier molecular flexibility index (Phi) is 11.2. The van der Waals surface area contributed by atoms with Gasteiger partial charge in [-0.1, -0.05) is 27.7 Å². The van der Waals surface area contributed by atoms with E-state index < -0.39 is 6.04 Å². The van der Waals surface area contributed by atoms with E-state index in [-0.39, 0.29) is 5.78 Å². The van der Waals surface area contributed by atoms with Gasteiger partial charge in [0.15, 0.2) is 0 Å². The highest BCUT2D eigenvalue weighted by Crippen LogP contribution is 1.98. The number of hydrogen-bond acceptors (Lipinski definition) is 3. The quantitative estimate of drug-likeness (QED) is 0.858. The maximum Gasteiger partial charge on any atom is 0.146 e. The zero-order valence-corrected chi connectivity index (χ0v) is 11.3. The van der Waals surface area contributed by atoms with Crippen LogP contribution in [0, 0.1) is 0 Å². The molecule has 0 spiro atoms. The molecule has 1 rings (SSSR count). The third-order valence-corrected chi connectivity index (χ3v) is 1.71. The molecule has 16 heavy (non-hydrogen) atoms. The van der Waals surface area contributed by atoms with Gasteiger partial charge in [-0.15, -0.1) is 0 Å². The summed E-state index contributed by atoms with van der Waals surface area (Å²) in [6.45, 7) is 9.49. The molecule has 1 aromatic heterocycles. The number of imidazole rings is 1. The first-order valence-corrected chi connectivity index (χ1v) is 5.82. The highest BCUT2D eigenvalue weighted by molar-refractivity contribution is 5.81. The summed E-state index contributed by atoms with van der Waals surface area (Å²) in [5.41, 5.74) is 6.42. The van der Waals surface area contributed by atoms with Crippen molar-refractivity contribution in [2.75, 3.05) is 0 Å². The average Bonchev–Trinajstić information content (AvgIpc) is 2.69. The first-order valence-electron chi connectivity index (χ1n) is 5.82. The summed E-state index contributed by atoms with van der Waals surface area (Å²) in [4.78, 5) is 14.9. The van der Waals surface area contributed by atoms with Gasteiger partial charge in [0.1, 0.15) is 5.78 Å². The van der Waals surface area contributed by atoms with Gasteiger partial charge in [0.2, 0.25) is 0 Å². The van der Waals surface area contributed by atoms with Crippen molar-refractivity contribution in [3.05, 3.63) is 18.2 Å². The van der Waals surface area contributed by atoms with Gasteiger partial charge in [-0.05, 0) is 6.92 Å². The smallest absolute Gasteiger partial charge is 0.146 e.